The lowest BCUT2D eigenvalue weighted by atomic mass is 9.95. The van der Waals surface area contributed by atoms with Gasteiger partial charge in [0.25, 0.3) is 0 Å². The number of halogens is 2. The lowest BCUT2D eigenvalue weighted by Gasteiger charge is -2.10. The summed E-state index contributed by atoms with van der Waals surface area (Å²) < 4.78 is 26.7. The smallest absolute Gasteiger partial charge is 0.336 e. The van der Waals surface area contributed by atoms with Crippen LogP contribution in [0.2, 0.25) is 0 Å². The van der Waals surface area contributed by atoms with E-state index in [0.29, 0.717) is 11.1 Å². The summed E-state index contributed by atoms with van der Waals surface area (Å²) >= 11 is 0. The summed E-state index contributed by atoms with van der Waals surface area (Å²) in [5.41, 5.74) is 0.808. The summed E-state index contributed by atoms with van der Waals surface area (Å²) in [4.78, 5) is 11.1. The molecular weight excluding hydrogens is 238 g/mol. The highest BCUT2D eigenvalue weighted by Gasteiger charge is 2.15. The van der Waals surface area contributed by atoms with Gasteiger partial charge in [-0.15, -0.1) is 0 Å². The van der Waals surface area contributed by atoms with E-state index in [1.54, 1.807) is 6.07 Å². The van der Waals surface area contributed by atoms with Crippen LogP contribution in [0.4, 0.5) is 8.78 Å². The Hall–Kier alpha value is -2.23. The number of rotatable bonds is 2. The first-order chi connectivity index (χ1) is 8.50. The summed E-state index contributed by atoms with van der Waals surface area (Å²) in [6.07, 6.45) is 0. The maximum Gasteiger partial charge on any atom is 0.336 e. The Bertz CT molecular complexity index is 621. The highest BCUT2D eigenvalue weighted by molar-refractivity contribution is 5.96. The van der Waals surface area contributed by atoms with Crippen molar-refractivity contribution in [2.24, 2.45) is 0 Å². The molecule has 0 bridgehead atoms. The van der Waals surface area contributed by atoms with Crippen LogP contribution in [-0.2, 0) is 0 Å². The maximum absolute atomic E-state index is 13.5. The normalized spacial score (nSPS) is 10.4. The van der Waals surface area contributed by atoms with Gasteiger partial charge < -0.3 is 5.11 Å². The third-order valence-corrected chi connectivity index (χ3v) is 2.77. The first-order valence-corrected chi connectivity index (χ1v) is 5.29. The van der Waals surface area contributed by atoms with Crippen LogP contribution in [0.25, 0.3) is 11.1 Å². The largest absolute Gasteiger partial charge is 0.478 e. The van der Waals surface area contributed by atoms with Crippen LogP contribution in [-0.4, -0.2) is 11.1 Å². The Morgan fingerprint density at radius 1 is 1.11 bits per heavy atom. The van der Waals surface area contributed by atoms with E-state index < -0.39 is 17.6 Å². The summed E-state index contributed by atoms with van der Waals surface area (Å²) in [6, 6.07) is 7.66. The van der Waals surface area contributed by atoms with Crippen LogP contribution >= 0.6 is 0 Å². The van der Waals surface area contributed by atoms with Crippen molar-refractivity contribution < 1.29 is 18.7 Å². The topological polar surface area (TPSA) is 37.3 Å². The van der Waals surface area contributed by atoms with Crippen molar-refractivity contribution in [1.29, 1.82) is 0 Å². The molecule has 0 heterocycles. The summed E-state index contributed by atoms with van der Waals surface area (Å²) in [5.74, 6) is -2.18. The van der Waals surface area contributed by atoms with Crippen LogP contribution in [0.15, 0.2) is 36.4 Å². The Balaban J connectivity index is 2.73. The molecule has 0 aliphatic heterocycles. The molecule has 0 fully saturated rings. The van der Waals surface area contributed by atoms with Crippen LogP contribution in [0, 0.1) is 18.6 Å². The lowest BCUT2D eigenvalue weighted by molar-refractivity contribution is 0.0697. The third-order valence-electron chi connectivity index (χ3n) is 2.77. The van der Waals surface area contributed by atoms with Gasteiger partial charge in [-0.2, -0.15) is 0 Å². The molecule has 92 valence electrons. The minimum Gasteiger partial charge on any atom is -0.478 e. The predicted octanol–water partition coefficient (Wildman–Crippen LogP) is 3.64. The van der Waals surface area contributed by atoms with E-state index in [2.05, 4.69) is 0 Å². The monoisotopic (exact) mass is 248 g/mol. The molecule has 0 aliphatic carbocycles. The van der Waals surface area contributed by atoms with Gasteiger partial charge in [0.2, 0.25) is 0 Å². The quantitative estimate of drug-likeness (QED) is 0.880. The first kappa shape index (κ1) is 12.2. The van der Waals surface area contributed by atoms with Crippen LogP contribution < -0.4 is 0 Å². The summed E-state index contributed by atoms with van der Waals surface area (Å²) in [6.45, 7) is 1.53. The van der Waals surface area contributed by atoms with E-state index in [9.17, 15) is 13.6 Å². The van der Waals surface area contributed by atoms with Gasteiger partial charge in [0.15, 0.2) is 0 Å². The zero-order valence-electron chi connectivity index (χ0n) is 9.58. The first-order valence-electron chi connectivity index (χ1n) is 5.29. The van der Waals surface area contributed by atoms with E-state index >= 15 is 0 Å². The second kappa shape index (κ2) is 4.56. The van der Waals surface area contributed by atoms with Crippen molar-refractivity contribution in [3.63, 3.8) is 0 Å². The number of benzene rings is 2. The molecule has 0 spiro atoms. The molecule has 4 heteroatoms. The molecule has 2 nitrogen and oxygen atoms in total. The number of hydrogen-bond donors (Lipinski definition) is 1. The molecule has 1 N–H and O–H groups in total. The fourth-order valence-corrected chi connectivity index (χ4v) is 1.83. The Morgan fingerprint density at radius 2 is 1.83 bits per heavy atom. The van der Waals surface area contributed by atoms with Gasteiger partial charge in [-0.05, 0) is 47.9 Å². The van der Waals surface area contributed by atoms with Gasteiger partial charge in [-0.1, -0.05) is 12.1 Å². The Morgan fingerprint density at radius 3 is 2.50 bits per heavy atom. The van der Waals surface area contributed by atoms with Crippen molar-refractivity contribution in [2.75, 3.05) is 0 Å². The average Bonchev–Trinajstić information content (AvgIpc) is 2.32. The van der Waals surface area contributed by atoms with Gasteiger partial charge in [0, 0.05) is 0 Å². The molecule has 2 aromatic carbocycles. The highest BCUT2D eigenvalue weighted by atomic mass is 19.1. The molecule has 0 unspecified atom stereocenters. The zero-order chi connectivity index (χ0) is 13.3. The molecular formula is C14H10F2O2. The molecule has 18 heavy (non-hydrogen) atoms. The molecule has 2 aromatic rings. The third kappa shape index (κ3) is 2.09. The second-order valence-electron chi connectivity index (χ2n) is 3.91. The Kier molecular flexibility index (Phi) is 3.10. The van der Waals surface area contributed by atoms with Crippen molar-refractivity contribution in [3.05, 3.63) is 59.2 Å². The highest BCUT2D eigenvalue weighted by Crippen LogP contribution is 2.29. The van der Waals surface area contributed by atoms with Gasteiger partial charge in [0.1, 0.15) is 11.6 Å². The fraction of sp³-hybridized carbons (Fsp3) is 0.0714. The van der Waals surface area contributed by atoms with Gasteiger partial charge in [-0.25, -0.2) is 13.6 Å². The van der Waals surface area contributed by atoms with Crippen LogP contribution in [0.3, 0.4) is 0 Å². The van der Waals surface area contributed by atoms with Crippen molar-refractivity contribution >= 4 is 5.97 Å². The minimum atomic E-state index is -1.17. The van der Waals surface area contributed by atoms with Crippen LogP contribution in [0.1, 0.15) is 15.9 Å². The number of aromatic carboxylic acids is 1. The predicted molar refractivity (Wildman–Crippen MR) is 63.5 cm³/mol. The minimum absolute atomic E-state index is 0.0508. The van der Waals surface area contributed by atoms with E-state index in [1.165, 1.54) is 25.1 Å². The van der Waals surface area contributed by atoms with Crippen molar-refractivity contribution in [3.8, 4) is 11.1 Å². The molecule has 0 atom stereocenters. The van der Waals surface area contributed by atoms with E-state index in [4.69, 9.17) is 5.11 Å². The number of carboxylic acid groups (broad SMARTS) is 1. The number of carboxylic acids is 1. The van der Waals surface area contributed by atoms with E-state index in [-0.39, 0.29) is 11.1 Å². The van der Waals surface area contributed by atoms with Crippen molar-refractivity contribution in [1.82, 2.24) is 0 Å². The fourth-order valence-electron chi connectivity index (χ4n) is 1.83. The van der Waals surface area contributed by atoms with E-state index in [1.807, 2.05) is 0 Å². The second-order valence-corrected chi connectivity index (χ2v) is 3.91. The zero-order valence-corrected chi connectivity index (χ0v) is 9.58. The van der Waals surface area contributed by atoms with Gasteiger partial charge in [0.05, 0.1) is 5.56 Å². The van der Waals surface area contributed by atoms with Gasteiger partial charge >= 0.3 is 5.97 Å². The molecule has 0 saturated heterocycles. The number of carbonyl (C=O) groups is 1. The molecule has 2 rings (SSSR count). The van der Waals surface area contributed by atoms with Crippen LogP contribution in [0.5, 0.6) is 0 Å². The SMILES string of the molecule is Cc1c(F)cccc1-c1cc(F)ccc1C(=O)O. The maximum atomic E-state index is 13.5. The molecule has 0 aliphatic rings. The van der Waals surface area contributed by atoms with Crippen molar-refractivity contribution in [2.45, 2.75) is 6.92 Å². The average molecular weight is 248 g/mol. The lowest BCUT2D eigenvalue weighted by Crippen LogP contribution is -2.01. The van der Waals surface area contributed by atoms with Gasteiger partial charge in [-0.3, -0.25) is 0 Å². The molecule has 0 radical (unpaired) electrons. The Labute approximate surface area is 103 Å². The molecule has 0 amide bonds. The molecule has 0 saturated carbocycles. The standard InChI is InChI=1S/C14H10F2O2/c1-8-10(3-2-4-13(8)16)12-7-9(15)5-6-11(12)14(17)18/h2-7H,1H3,(H,17,18). The summed E-state index contributed by atoms with van der Waals surface area (Å²) in [5, 5.41) is 9.06. The number of hydrogen-bond acceptors (Lipinski definition) is 1. The molecule has 0 aromatic heterocycles. The van der Waals surface area contributed by atoms with E-state index in [0.717, 1.165) is 12.1 Å². The summed E-state index contributed by atoms with van der Waals surface area (Å²) in [7, 11) is 0.